The van der Waals surface area contributed by atoms with Gasteiger partial charge in [-0.1, -0.05) is 13.8 Å². The third-order valence-electron chi connectivity index (χ3n) is 2.90. The SMILES string of the molecule is COc1ccc(C(=O)NCC(C)(O)CC(C)C)c(F)c1. The minimum atomic E-state index is -1.01. The highest BCUT2D eigenvalue weighted by molar-refractivity contribution is 5.94. The summed E-state index contributed by atoms with van der Waals surface area (Å²) in [5, 5.41) is 12.7. The minimum Gasteiger partial charge on any atom is -0.497 e. The van der Waals surface area contributed by atoms with E-state index in [1.807, 2.05) is 13.8 Å². The van der Waals surface area contributed by atoms with Gasteiger partial charge in [-0.2, -0.15) is 0 Å². The molecule has 0 saturated carbocycles. The lowest BCUT2D eigenvalue weighted by Crippen LogP contribution is -2.41. The smallest absolute Gasteiger partial charge is 0.254 e. The second-order valence-corrected chi connectivity index (χ2v) is 5.62. The summed E-state index contributed by atoms with van der Waals surface area (Å²) in [5.74, 6) is -0.537. The van der Waals surface area contributed by atoms with Crippen molar-refractivity contribution in [3.8, 4) is 5.75 Å². The van der Waals surface area contributed by atoms with Crippen LogP contribution in [0.3, 0.4) is 0 Å². The van der Waals surface area contributed by atoms with E-state index < -0.39 is 17.3 Å². The molecule has 1 amide bonds. The van der Waals surface area contributed by atoms with Crippen LogP contribution in [0.1, 0.15) is 37.6 Å². The molecular formula is C15H22FNO3. The van der Waals surface area contributed by atoms with Crippen molar-refractivity contribution in [3.63, 3.8) is 0 Å². The monoisotopic (exact) mass is 283 g/mol. The number of rotatable bonds is 6. The second-order valence-electron chi connectivity index (χ2n) is 5.62. The number of halogens is 1. The van der Waals surface area contributed by atoms with Gasteiger partial charge in [0.25, 0.3) is 5.91 Å². The normalized spacial score (nSPS) is 13.9. The molecule has 0 aliphatic heterocycles. The molecule has 1 atom stereocenters. The summed E-state index contributed by atoms with van der Waals surface area (Å²) in [6.07, 6.45) is 0.554. The van der Waals surface area contributed by atoms with Gasteiger partial charge in [0.2, 0.25) is 0 Å². The maximum atomic E-state index is 13.7. The number of benzene rings is 1. The average molecular weight is 283 g/mol. The summed E-state index contributed by atoms with van der Waals surface area (Å²) in [6.45, 7) is 5.70. The number of aliphatic hydroxyl groups is 1. The van der Waals surface area contributed by atoms with Crippen molar-refractivity contribution >= 4 is 5.91 Å². The molecule has 0 aliphatic carbocycles. The van der Waals surface area contributed by atoms with Crippen LogP contribution in [0.4, 0.5) is 4.39 Å². The lowest BCUT2D eigenvalue weighted by atomic mass is 9.94. The lowest BCUT2D eigenvalue weighted by molar-refractivity contribution is 0.0367. The number of methoxy groups -OCH3 is 1. The summed E-state index contributed by atoms with van der Waals surface area (Å²) in [6, 6.07) is 4.03. The van der Waals surface area contributed by atoms with Crippen LogP contribution in [0.15, 0.2) is 18.2 Å². The van der Waals surface area contributed by atoms with Gasteiger partial charge in [0.05, 0.1) is 18.3 Å². The van der Waals surface area contributed by atoms with Gasteiger partial charge in [0.15, 0.2) is 0 Å². The van der Waals surface area contributed by atoms with Gasteiger partial charge in [-0.25, -0.2) is 4.39 Å². The van der Waals surface area contributed by atoms with Gasteiger partial charge < -0.3 is 15.2 Å². The summed E-state index contributed by atoms with van der Waals surface area (Å²) < 4.78 is 18.6. The molecule has 1 aromatic carbocycles. The van der Waals surface area contributed by atoms with Gasteiger partial charge in [0.1, 0.15) is 11.6 Å². The molecule has 0 fully saturated rings. The summed E-state index contributed by atoms with van der Waals surface area (Å²) in [5.41, 5.74) is -1.07. The molecule has 0 spiro atoms. The lowest BCUT2D eigenvalue weighted by Gasteiger charge is -2.25. The molecule has 20 heavy (non-hydrogen) atoms. The molecule has 0 aromatic heterocycles. The fourth-order valence-corrected chi connectivity index (χ4v) is 2.12. The molecule has 5 heteroatoms. The Morgan fingerprint density at radius 3 is 2.65 bits per heavy atom. The third-order valence-corrected chi connectivity index (χ3v) is 2.90. The van der Waals surface area contributed by atoms with Crippen molar-refractivity contribution in [3.05, 3.63) is 29.6 Å². The van der Waals surface area contributed by atoms with Gasteiger partial charge >= 0.3 is 0 Å². The van der Waals surface area contributed by atoms with Gasteiger partial charge in [-0.05, 0) is 31.4 Å². The van der Waals surface area contributed by atoms with E-state index in [-0.39, 0.29) is 12.1 Å². The molecule has 1 rings (SSSR count). The fourth-order valence-electron chi connectivity index (χ4n) is 2.12. The Bertz CT molecular complexity index is 472. The quantitative estimate of drug-likeness (QED) is 0.842. The molecule has 0 heterocycles. The minimum absolute atomic E-state index is 0.0638. The van der Waals surface area contributed by atoms with E-state index in [0.29, 0.717) is 18.1 Å². The predicted octanol–water partition coefficient (Wildman–Crippen LogP) is 2.36. The largest absolute Gasteiger partial charge is 0.497 e. The molecule has 0 bridgehead atoms. The first-order valence-electron chi connectivity index (χ1n) is 6.59. The average Bonchev–Trinajstić information content (AvgIpc) is 2.34. The zero-order valence-electron chi connectivity index (χ0n) is 12.4. The highest BCUT2D eigenvalue weighted by atomic mass is 19.1. The van der Waals surface area contributed by atoms with E-state index in [1.54, 1.807) is 6.92 Å². The van der Waals surface area contributed by atoms with Crippen LogP contribution in [0.25, 0.3) is 0 Å². The first kappa shape index (κ1) is 16.4. The highest BCUT2D eigenvalue weighted by Gasteiger charge is 2.23. The second kappa shape index (κ2) is 6.70. The number of nitrogens with one attached hydrogen (secondary N) is 1. The topological polar surface area (TPSA) is 58.6 Å². The van der Waals surface area contributed by atoms with Crippen LogP contribution < -0.4 is 10.1 Å². The highest BCUT2D eigenvalue weighted by Crippen LogP contribution is 2.18. The van der Waals surface area contributed by atoms with Crippen molar-refractivity contribution in [1.82, 2.24) is 5.32 Å². The Balaban J connectivity index is 2.68. The van der Waals surface area contributed by atoms with Crippen molar-refractivity contribution in [2.45, 2.75) is 32.8 Å². The number of hydrogen-bond donors (Lipinski definition) is 2. The zero-order valence-corrected chi connectivity index (χ0v) is 12.4. The van der Waals surface area contributed by atoms with Crippen molar-refractivity contribution in [1.29, 1.82) is 0 Å². The Labute approximate surface area is 119 Å². The number of amides is 1. The Morgan fingerprint density at radius 2 is 2.15 bits per heavy atom. The van der Waals surface area contributed by atoms with Crippen LogP contribution in [-0.4, -0.2) is 30.3 Å². The molecule has 0 radical (unpaired) electrons. The molecule has 4 nitrogen and oxygen atoms in total. The molecule has 0 aliphatic rings. The molecule has 2 N–H and O–H groups in total. The van der Waals surface area contributed by atoms with Crippen LogP contribution in [0.2, 0.25) is 0 Å². The Morgan fingerprint density at radius 1 is 1.50 bits per heavy atom. The molecule has 1 aromatic rings. The summed E-state index contributed by atoms with van der Waals surface area (Å²) in [4.78, 5) is 11.9. The number of ether oxygens (including phenoxy) is 1. The summed E-state index contributed by atoms with van der Waals surface area (Å²) >= 11 is 0. The van der Waals surface area contributed by atoms with Crippen LogP contribution >= 0.6 is 0 Å². The van der Waals surface area contributed by atoms with E-state index in [0.717, 1.165) is 6.07 Å². The molecule has 0 saturated heterocycles. The van der Waals surface area contributed by atoms with Crippen molar-refractivity contribution in [2.24, 2.45) is 5.92 Å². The van der Waals surface area contributed by atoms with Crippen LogP contribution in [0.5, 0.6) is 5.75 Å². The number of hydrogen-bond acceptors (Lipinski definition) is 3. The van der Waals surface area contributed by atoms with Gasteiger partial charge in [-0.15, -0.1) is 0 Å². The Kier molecular flexibility index (Phi) is 5.51. The van der Waals surface area contributed by atoms with E-state index in [2.05, 4.69) is 5.32 Å². The fraction of sp³-hybridized carbons (Fsp3) is 0.533. The molecule has 1 unspecified atom stereocenters. The first-order chi connectivity index (χ1) is 9.25. The Hall–Kier alpha value is -1.62. The standard InChI is InChI=1S/C15H22FNO3/c1-10(2)8-15(3,19)9-17-14(18)12-6-5-11(20-4)7-13(12)16/h5-7,10,19H,8-9H2,1-4H3,(H,17,18). The van der Waals surface area contributed by atoms with Crippen LogP contribution in [0, 0.1) is 11.7 Å². The number of carbonyl (C=O) groups is 1. The van der Waals surface area contributed by atoms with Gasteiger partial charge in [-0.3, -0.25) is 4.79 Å². The third kappa shape index (κ3) is 4.81. The first-order valence-corrected chi connectivity index (χ1v) is 6.59. The van der Waals surface area contributed by atoms with Crippen LogP contribution in [-0.2, 0) is 0 Å². The maximum absolute atomic E-state index is 13.7. The predicted molar refractivity (Wildman–Crippen MR) is 75.4 cm³/mol. The molecular weight excluding hydrogens is 261 g/mol. The van der Waals surface area contributed by atoms with Crippen molar-refractivity contribution < 1.29 is 19.0 Å². The van der Waals surface area contributed by atoms with E-state index in [4.69, 9.17) is 4.74 Å². The van der Waals surface area contributed by atoms with E-state index in [9.17, 15) is 14.3 Å². The zero-order chi connectivity index (χ0) is 15.3. The summed E-state index contributed by atoms with van der Waals surface area (Å²) in [7, 11) is 1.43. The number of carbonyl (C=O) groups excluding carboxylic acids is 1. The molecule has 112 valence electrons. The van der Waals surface area contributed by atoms with E-state index in [1.165, 1.54) is 19.2 Å². The van der Waals surface area contributed by atoms with Gasteiger partial charge in [0, 0.05) is 12.6 Å². The van der Waals surface area contributed by atoms with E-state index >= 15 is 0 Å². The van der Waals surface area contributed by atoms with Crippen molar-refractivity contribution in [2.75, 3.05) is 13.7 Å². The maximum Gasteiger partial charge on any atom is 0.254 e.